The standard InChI is InChI=1S/C17H19F3N2O5/c18-17(19,20)12-3-1-11(2-4-12)14(24)21-9-13(23)22-10-16(15(25)26)5-7-27-8-6-16/h1-4H,5-10H2,(H,21,24)(H,22,23)(H,25,26). The van der Waals surface area contributed by atoms with Gasteiger partial charge in [-0.25, -0.2) is 0 Å². The number of carboxylic acids is 1. The molecule has 3 N–H and O–H groups in total. The number of hydrogen-bond acceptors (Lipinski definition) is 4. The number of carbonyl (C=O) groups is 3. The highest BCUT2D eigenvalue weighted by atomic mass is 19.4. The van der Waals surface area contributed by atoms with Crippen LogP contribution >= 0.6 is 0 Å². The first kappa shape index (κ1) is 20.7. The number of ether oxygens (including phenoxy) is 1. The predicted octanol–water partition coefficient (Wildman–Crippen LogP) is 1.43. The third kappa shape index (κ3) is 5.43. The Morgan fingerprint density at radius 2 is 1.67 bits per heavy atom. The molecule has 1 fully saturated rings. The van der Waals surface area contributed by atoms with Crippen molar-refractivity contribution in [3.8, 4) is 0 Å². The van der Waals surface area contributed by atoms with Gasteiger partial charge in [0.15, 0.2) is 0 Å². The van der Waals surface area contributed by atoms with Gasteiger partial charge in [-0.3, -0.25) is 14.4 Å². The van der Waals surface area contributed by atoms with Gasteiger partial charge in [0.05, 0.1) is 17.5 Å². The maximum Gasteiger partial charge on any atom is 0.416 e. The van der Waals surface area contributed by atoms with Gasteiger partial charge in [-0.15, -0.1) is 0 Å². The van der Waals surface area contributed by atoms with Crippen molar-refractivity contribution >= 4 is 17.8 Å². The lowest BCUT2D eigenvalue weighted by atomic mass is 9.80. The lowest BCUT2D eigenvalue weighted by molar-refractivity contribution is -0.154. The largest absolute Gasteiger partial charge is 0.481 e. The van der Waals surface area contributed by atoms with Gasteiger partial charge in [0, 0.05) is 25.3 Å². The molecule has 7 nitrogen and oxygen atoms in total. The third-order valence-corrected chi connectivity index (χ3v) is 4.41. The molecule has 1 aliphatic rings. The highest BCUT2D eigenvalue weighted by Gasteiger charge is 2.40. The molecule has 0 spiro atoms. The number of nitrogens with one attached hydrogen (secondary N) is 2. The quantitative estimate of drug-likeness (QED) is 0.684. The fourth-order valence-electron chi connectivity index (χ4n) is 2.63. The van der Waals surface area contributed by atoms with Crippen LogP contribution in [0, 0.1) is 5.41 Å². The van der Waals surface area contributed by atoms with Crippen LogP contribution in [0.15, 0.2) is 24.3 Å². The van der Waals surface area contributed by atoms with Crippen molar-refractivity contribution < 1.29 is 37.4 Å². The SMILES string of the molecule is O=C(CNC(=O)c1ccc(C(F)(F)F)cc1)NCC1(C(=O)O)CCOCC1. The molecule has 0 atom stereocenters. The molecule has 0 unspecified atom stereocenters. The van der Waals surface area contributed by atoms with Crippen LogP contribution in [-0.2, 0) is 20.5 Å². The van der Waals surface area contributed by atoms with Gasteiger partial charge in [0.2, 0.25) is 5.91 Å². The summed E-state index contributed by atoms with van der Waals surface area (Å²) in [6, 6.07) is 3.57. The lowest BCUT2D eigenvalue weighted by Crippen LogP contribution is -2.48. The van der Waals surface area contributed by atoms with E-state index in [1.807, 2.05) is 0 Å². The molecular weight excluding hydrogens is 369 g/mol. The van der Waals surface area contributed by atoms with Crippen molar-refractivity contribution in [3.05, 3.63) is 35.4 Å². The van der Waals surface area contributed by atoms with Crippen molar-refractivity contribution in [3.63, 3.8) is 0 Å². The summed E-state index contributed by atoms with van der Waals surface area (Å²) in [6.45, 7) is 0.0480. The van der Waals surface area contributed by atoms with Crippen LogP contribution in [0.1, 0.15) is 28.8 Å². The zero-order valence-corrected chi connectivity index (χ0v) is 14.3. The zero-order valence-electron chi connectivity index (χ0n) is 14.3. The molecule has 1 saturated heterocycles. The fraction of sp³-hybridized carbons (Fsp3) is 0.471. The number of alkyl halides is 3. The van der Waals surface area contributed by atoms with Crippen molar-refractivity contribution in [2.75, 3.05) is 26.3 Å². The first-order valence-corrected chi connectivity index (χ1v) is 8.17. The Hall–Kier alpha value is -2.62. The van der Waals surface area contributed by atoms with E-state index in [4.69, 9.17) is 4.74 Å². The van der Waals surface area contributed by atoms with Crippen molar-refractivity contribution in [1.82, 2.24) is 10.6 Å². The summed E-state index contributed by atoms with van der Waals surface area (Å²) in [5, 5.41) is 14.1. The number of halogens is 3. The third-order valence-electron chi connectivity index (χ3n) is 4.41. The summed E-state index contributed by atoms with van der Waals surface area (Å²) in [5.74, 6) is -2.33. The molecule has 2 amide bonds. The molecule has 10 heteroatoms. The molecule has 1 aromatic rings. The van der Waals surface area contributed by atoms with E-state index in [1.54, 1.807) is 0 Å². The minimum atomic E-state index is -4.50. The van der Waals surface area contributed by atoms with Gasteiger partial charge >= 0.3 is 12.1 Å². The Morgan fingerprint density at radius 3 is 2.19 bits per heavy atom. The maximum atomic E-state index is 12.5. The van der Waals surface area contributed by atoms with E-state index < -0.39 is 41.5 Å². The molecule has 1 heterocycles. The highest BCUT2D eigenvalue weighted by Crippen LogP contribution is 2.30. The second-order valence-corrected chi connectivity index (χ2v) is 6.23. The number of carboxylic acid groups (broad SMARTS) is 1. The van der Waals surface area contributed by atoms with Gasteiger partial charge in [-0.1, -0.05) is 0 Å². The first-order chi connectivity index (χ1) is 12.6. The van der Waals surface area contributed by atoms with Gasteiger partial charge in [0.25, 0.3) is 5.91 Å². The monoisotopic (exact) mass is 388 g/mol. The van der Waals surface area contributed by atoms with Crippen LogP contribution in [0.2, 0.25) is 0 Å². The topological polar surface area (TPSA) is 105 Å². The Kier molecular flexibility index (Phi) is 6.42. The number of benzene rings is 1. The summed E-state index contributed by atoms with van der Waals surface area (Å²) >= 11 is 0. The van der Waals surface area contributed by atoms with E-state index in [1.165, 1.54) is 0 Å². The average Bonchev–Trinajstić information content (AvgIpc) is 2.64. The second kappa shape index (κ2) is 8.38. The van der Waals surface area contributed by atoms with Crippen LogP contribution in [0.5, 0.6) is 0 Å². The van der Waals surface area contributed by atoms with Crippen LogP contribution in [0.4, 0.5) is 13.2 Å². The van der Waals surface area contributed by atoms with Crippen molar-refractivity contribution in [1.29, 1.82) is 0 Å². The van der Waals surface area contributed by atoms with E-state index in [2.05, 4.69) is 10.6 Å². The van der Waals surface area contributed by atoms with Gasteiger partial charge in [0.1, 0.15) is 0 Å². The molecule has 0 bridgehead atoms. The molecular formula is C17H19F3N2O5. The molecule has 0 saturated carbocycles. The minimum Gasteiger partial charge on any atom is -0.481 e. The zero-order chi connectivity index (χ0) is 20.1. The summed E-state index contributed by atoms with van der Waals surface area (Å²) in [6.07, 6.45) is -3.97. The number of hydrogen-bond donors (Lipinski definition) is 3. The molecule has 0 aliphatic carbocycles. The average molecular weight is 388 g/mol. The molecule has 0 aromatic heterocycles. The minimum absolute atomic E-state index is 0.0257. The van der Waals surface area contributed by atoms with E-state index in [0.717, 1.165) is 24.3 Å². The van der Waals surface area contributed by atoms with E-state index >= 15 is 0 Å². The van der Waals surface area contributed by atoms with Crippen LogP contribution in [0.25, 0.3) is 0 Å². The number of amides is 2. The summed E-state index contributed by atoms with van der Waals surface area (Å²) in [7, 11) is 0. The van der Waals surface area contributed by atoms with Crippen LogP contribution < -0.4 is 10.6 Å². The summed E-state index contributed by atoms with van der Waals surface area (Å²) < 4.78 is 42.6. The first-order valence-electron chi connectivity index (χ1n) is 8.17. The Bertz CT molecular complexity index is 698. The highest BCUT2D eigenvalue weighted by molar-refractivity contribution is 5.96. The number of rotatable bonds is 6. The summed E-state index contributed by atoms with van der Waals surface area (Å²) in [4.78, 5) is 35.3. The van der Waals surface area contributed by atoms with Gasteiger partial charge < -0.3 is 20.5 Å². The fourth-order valence-corrected chi connectivity index (χ4v) is 2.63. The van der Waals surface area contributed by atoms with Crippen LogP contribution in [-0.4, -0.2) is 49.2 Å². The Balaban J connectivity index is 1.84. The Morgan fingerprint density at radius 1 is 1.07 bits per heavy atom. The molecule has 0 radical (unpaired) electrons. The van der Waals surface area contributed by atoms with E-state index in [-0.39, 0.29) is 38.2 Å². The number of aliphatic carboxylic acids is 1. The number of carbonyl (C=O) groups excluding carboxylic acids is 2. The van der Waals surface area contributed by atoms with Crippen LogP contribution in [0.3, 0.4) is 0 Å². The van der Waals surface area contributed by atoms with Gasteiger partial charge in [-0.2, -0.15) is 13.2 Å². The molecule has 1 aliphatic heterocycles. The van der Waals surface area contributed by atoms with E-state index in [9.17, 15) is 32.7 Å². The molecule has 27 heavy (non-hydrogen) atoms. The molecule has 148 valence electrons. The normalized spacial score (nSPS) is 16.4. The van der Waals surface area contributed by atoms with E-state index in [0.29, 0.717) is 0 Å². The second-order valence-electron chi connectivity index (χ2n) is 6.23. The van der Waals surface area contributed by atoms with Crippen molar-refractivity contribution in [2.24, 2.45) is 5.41 Å². The maximum absolute atomic E-state index is 12.5. The Labute approximate surface area is 152 Å². The predicted molar refractivity (Wildman–Crippen MR) is 86.9 cm³/mol. The molecule has 2 rings (SSSR count). The smallest absolute Gasteiger partial charge is 0.416 e. The van der Waals surface area contributed by atoms with Gasteiger partial charge in [-0.05, 0) is 37.1 Å². The molecule has 1 aromatic carbocycles. The lowest BCUT2D eigenvalue weighted by Gasteiger charge is -2.33. The summed E-state index contributed by atoms with van der Waals surface area (Å²) in [5.41, 5.74) is -2.01. The van der Waals surface area contributed by atoms with Crippen molar-refractivity contribution in [2.45, 2.75) is 19.0 Å².